The van der Waals surface area contributed by atoms with Crippen LogP contribution in [0.3, 0.4) is 0 Å². The van der Waals surface area contributed by atoms with Crippen LogP contribution in [-0.4, -0.2) is 38.9 Å². The van der Waals surface area contributed by atoms with Crippen molar-refractivity contribution < 1.29 is 20.1 Å². The maximum atomic E-state index is 11.0. The minimum Gasteiger partial charge on any atom is -0.390 e. The van der Waals surface area contributed by atoms with Crippen molar-refractivity contribution in [3.63, 3.8) is 0 Å². The van der Waals surface area contributed by atoms with Gasteiger partial charge in [-0.2, -0.15) is 0 Å². The van der Waals surface area contributed by atoms with Crippen molar-refractivity contribution in [3.05, 3.63) is 12.2 Å². The lowest BCUT2D eigenvalue weighted by molar-refractivity contribution is -0.182. The molecule has 0 aliphatic heterocycles. The van der Waals surface area contributed by atoms with E-state index in [4.69, 9.17) is 0 Å². The van der Waals surface area contributed by atoms with Crippen LogP contribution in [0.1, 0.15) is 34.1 Å². The molecule has 4 nitrogen and oxygen atoms in total. The van der Waals surface area contributed by atoms with Crippen molar-refractivity contribution in [1.82, 2.24) is 0 Å². The highest BCUT2D eigenvalue weighted by Gasteiger charge is 2.54. The zero-order valence-electron chi connectivity index (χ0n) is 10.8. The van der Waals surface area contributed by atoms with Crippen LogP contribution < -0.4 is 0 Å². The van der Waals surface area contributed by atoms with E-state index in [1.54, 1.807) is 6.92 Å². The Morgan fingerprint density at radius 1 is 1.35 bits per heavy atom. The summed E-state index contributed by atoms with van der Waals surface area (Å²) in [6, 6.07) is 0. The van der Waals surface area contributed by atoms with Crippen LogP contribution in [0.15, 0.2) is 12.2 Å². The van der Waals surface area contributed by atoms with Crippen LogP contribution in [-0.2, 0) is 4.79 Å². The van der Waals surface area contributed by atoms with E-state index in [1.165, 1.54) is 19.1 Å². The summed E-state index contributed by atoms with van der Waals surface area (Å²) >= 11 is 0. The third-order valence-electron chi connectivity index (χ3n) is 3.98. The molecule has 1 aliphatic carbocycles. The molecule has 3 N–H and O–H groups in total. The van der Waals surface area contributed by atoms with Crippen molar-refractivity contribution >= 4 is 5.78 Å². The van der Waals surface area contributed by atoms with Gasteiger partial charge < -0.3 is 15.3 Å². The number of aliphatic hydroxyl groups excluding tert-OH is 2. The first kappa shape index (κ1) is 14.4. The Labute approximate surface area is 102 Å². The average Bonchev–Trinajstić information content (AvgIpc) is 2.21. The summed E-state index contributed by atoms with van der Waals surface area (Å²) in [4.78, 5) is 11.0. The fraction of sp³-hybridized carbons (Fsp3) is 0.769. The van der Waals surface area contributed by atoms with Gasteiger partial charge in [0.25, 0.3) is 0 Å². The van der Waals surface area contributed by atoms with Crippen LogP contribution in [0, 0.1) is 11.3 Å². The van der Waals surface area contributed by atoms with Gasteiger partial charge in [0.2, 0.25) is 0 Å². The molecule has 0 aromatic carbocycles. The minimum atomic E-state index is -1.29. The average molecular weight is 242 g/mol. The van der Waals surface area contributed by atoms with E-state index >= 15 is 0 Å². The van der Waals surface area contributed by atoms with Gasteiger partial charge in [0, 0.05) is 11.3 Å². The Hall–Kier alpha value is -0.710. The van der Waals surface area contributed by atoms with Gasteiger partial charge in [-0.05, 0) is 25.5 Å². The zero-order chi connectivity index (χ0) is 13.4. The summed E-state index contributed by atoms with van der Waals surface area (Å²) in [5.74, 6) is -0.682. The predicted octanol–water partition coefficient (Wildman–Crippen LogP) is 0.650. The third kappa shape index (κ3) is 2.44. The fourth-order valence-electron chi connectivity index (χ4n) is 2.64. The molecule has 4 heteroatoms. The summed E-state index contributed by atoms with van der Waals surface area (Å²) in [6.07, 6.45) is 1.24. The Balaban J connectivity index is 3.12. The van der Waals surface area contributed by atoms with E-state index in [1.807, 2.05) is 13.8 Å². The summed E-state index contributed by atoms with van der Waals surface area (Å²) in [5.41, 5.74) is -1.89. The van der Waals surface area contributed by atoms with Crippen LogP contribution >= 0.6 is 0 Å². The fourth-order valence-corrected chi connectivity index (χ4v) is 2.64. The van der Waals surface area contributed by atoms with Gasteiger partial charge in [-0.15, -0.1) is 0 Å². The van der Waals surface area contributed by atoms with E-state index in [2.05, 4.69) is 0 Å². The molecule has 0 amide bonds. The number of carbonyl (C=O) groups is 1. The number of hydrogen-bond acceptors (Lipinski definition) is 4. The molecule has 1 fully saturated rings. The van der Waals surface area contributed by atoms with Crippen LogP contribution in [0.25, 0.3) is 0 Å². The standard InChI is InChI=1S/C13H22O4/c1-8(14)5-6-13(17)9(2)11(16)10(15)7-12(13,3)4/h5-6,9-11,15-17H,7H2,1-4H3/t9-,10+,11+,13-/m1/s1. The van der Waals surface area contributed by atoms with Crippen molar-refractivity contribution in [3.8, 4) is 0 Å². The molecule has 0 saturated heterocycles. The summed E-state index contributed by atoms with van der Waals surface area (Å²) in [7, 11) is 0. The molecule has 1 aliphatic rings. The Morgan fingerprint density at radius 3 is 2.35 bits per heavy atom. The quantitative estimate of drug-likeness (QED) is 0.621. The second-order valence-electron chi connectivity index (χ2n) is 5.70. The largest absolute Gasteiger partial charge is 0.390 e. The Bertz CT molecular complexity index is 334. The van der Waals surface area contributed by atoms with E-state index in [0.29, 0.717) is 0 Å². The van der Waals surface area contributed by atoms with Gasteiger partial charge in [-0.1, -0.05) is 20.8 Å². The maximum Gasteiger partial charge on any atom is 0.152 e. The molecule has 0 aromatic heterocycles. The number of rotatable bonds is 2. The number of carbonyl (C=O) groups excluding carboxylic acids is 1. The van der Waals surface area contributed by atoms with E-state index in [0.717, 1.165) is 0 Å². The molecule has 0 bridgehead atoms. The Kier molecular flexibility index (Phi) is 3.81. The SMILES string of the molecule is CC(=O)C=C[C@@]1(O)[C@H](C)[C@H](O)[C@@H](O)CC1(C)C. The second kappa shape index (κ2) is 4.52. The normalized spacial score (nSPS) is 41.7. The molecule has 17 heavy (non-hydrogen) atoms. The van der Waals surface area contributed by atoms with Gasteiger partial charge >= 0.3 is 0 Å². The molecule has 0 unspecified atom stereocenters. The minimum absolute atomic E-state index is 0.151. The smallest absolute Gasteiger partial charge is 0.152 e. The zero-order valence-corrected chi connectivity index (χ0v) is 10.8. The summed E-state index contributed by atoms with van der Waals surface area (Å²) in [6.45, 7) is 6.73. The molecule has 0 heterocycles. The highest BCUT2D eigenvalue weighted by Crippen LogP contribution is 2.48. The molecular formula is C13H22O4. The Morgan fingerprint density at radius 2 is 1.88 bits per heavy atom. The van der Waals surface area contributed by atoms with Gasteiger partial charge in [-0.3, -0.25) is 4.79 Å². The first-order valence-corrected chi connectivity index (χ1v) is 5.90. The molecule has 4 atom stereocenters. The van der Waals surface area contributed by atoms with Crippen LogP contribution in [0.2, 0.25) is 0 Å². The number of allylic oxidation sites excluding steroid dienone is 1. The van der Waals surface area contributed by atoms with Crippen LogP contribution in [0.4, 0.5) is 0 Å². The molecule has 0 spiro atoms. The first-order valence-electron chi connectivity index (χ1n) is 5.90. The second-order valence-corrected chi connectivity index (χ2v) is 5.70. The lowest BCUT2D eigenvalue weighted by atomic mass is 9.58. The molecule has 0 aromatic rings. The molecular weight excluding hydrogens is 220 g/mol. The van der Waals surface area contributed by atoms with Crippen molar-refractivity contribution in [1.29, 1.82) is 0 Å². The summed E-state index contributed by atoms with van der Waals surface area (Å²) < 4.78 is 0. The van der Waals surface area contributed by atoms with E-state index in [-0.39, 0.29) is 12.2 Å². The lowest BCUT2D eigenvalue weighted by Crippen LogP contribution is -2.60. The number of hydrogen-bond donors (Lipinski definition) is 3. The van der Waals surface area contributed by atoms with Crippen molar-refractivity contribution in [2.24, 2.45) is 11.3 Å². The molecule has 98 valence electrons. The molecule has 1 rings (SSSR count). The third-order valence-corrected chi connectivity index (χ3v) is 3.98. The number of aliphatic hydroxyl groups is 3. The highest BCUT2D eigenvalue weighted by atomic mass is 16.3. The summed E-state index contributed by atoms with van der Waals surface area (Å²) in [5, 5.41) is 30.3. The van der Waals surface area contributed by atoms with Crippen molar-refractivity contribution in [2.45, 2.75) is 51.9 Å². The highest BCUT2D eigenvalue weighted by molar-refractivity contribution is 5.87. The molecule has 0 radical (unpaired) electrons. The van der Waals surface area contributed by atoms with Gasteiger partial charge in [0.1, 0.15) is 0 Å². The predicted molar refractivity (Wildman–Crippen MR) is 64.3 cm³/mol. The first-order chi connectivity index (χ1) is 7.62. The van der Waals surface area contributed by atoms with E-state index < -0.39 is 29.1 Å². The van der Waals surface area contributed by atoms with Gasteiger partial charge in [0.05, 0.1) is 17.8 Å². The van der Waals surface area contributed by atoms with E-state index in [9.17, 15) is 20.1 Å². The van der Waals surface area contributed by atoms with Crippen LogP contribution in [0.5, 0.6) is 0 Å². The topological polar surface area (TPSA) is 77.8 Å². The lowest BCUT2D eigenvalue weighted by Gasteiger charge is -2.52. The van der Waals surface area contributed by atoms with Gasteiger partial charge in [-0.25, -0.2) is 0 Å². The maximum absolute atomic E-state index is 11.0. The van der Waals surface area contributed by atoms with Gasteiger partial charge in [0.15, 0.2) is 5.78 Å². The monoisotopic (exact) mass is 242 g/mol. The molecule has 1 saturated carbocycles. The van der Waals surface area contributed by atoms with Crippen molar-refractivity contribution in [2.75, 3.05) is 0 Å². The number of ketones is 1.